The number of nitrogens with zero attached hydrogens (tertiary/aromatic N) is 1. The van der Waals surface area contributed by atoms with E-state index in [4.69, 9.17) is 14.2 Å². The molecule has 0 aromatic heterocycles. The van der Waals surface area contributed by atoms with E-state index in [1.54, 1.807) is 43.4 Å². The van der Waals surface area contributed by atoms with Crippen LogP contribution < -0.4 is 14.2 Å². The van der Waals surface area contributed by atoms with Crippen LogP contribution in [0.4, 0.5) is 0 Å². The number of hydrogen-bond acceptors (Lipinski definition) is 5. The van der Waals surface area contributed by atoms with Gasteiger partial charge in [0.15, 0.2) is 23.9 Å². The third-order valence-electron chi connectivity index (χ3n) is 5.55. The molecule has 6 nitrogen and oxygen atoms in total. The lowest BCUT2D eigenvalue weighted by atomic mass is 9.89. The molecule has 1 amide bonds. The van der Waals surface area contributed by atoms with Crippen molar-refractivity contribution in [2.24, 2.45) is 5.92 Å². The van der Waals surface area contributed by atoms with Crippen LogP contribution in [0.1, 0.15) is 28.8 Å². The highest BCUT2D eigenvalue weighted by Crippen LogP contribution is 2.29. The molecule has 0 aliphatic carbocycles. The second kappa shape index (κ2) is 10.7. The van der Waals surface area contributed by atoms with E-state index in [1.165, 1.54) is 0 Å². The molecule has 1 aliphatic heterocycles. The Labute approximate surface area is 183 Å². The zero-order valence-electron chi connectivity index (χ0n) is 18.1. The van der Waals surface area contributed by atoms with Crippen molar-refractivity contribution in [3.63, 3.8) is 0 Å². The number of hydrogen-bond donors (Lipinski definition) is 0. The Morgan fingerprint density at radius 1 is 1.03 bits per heavy atom. The van der Waals surface area contributed by atoms with E-state index in [-0.39, 0.29) is 24.2 Å². The van der Waals surface area contributed by atoms with Crippen LogP contribution in [0.25, 0.3) is 0 Å². The molecule has 31 heavy (non-hydrogen) atoms. The molecule has 0 bridgehead atoms. The maximum Gasteiger partial charge on any atom is 0.260 e. The summed E-state index contributed by atoms with van der Waals surface area (Å²) in [7, 11) is 3.17. The van der Waals surface area contributed by atoms with Crippen molar-refractivity contribution in [3.05, 3.63) is 66.2 Å². The first-order valence-corrected chi connectivity index (χ1v) is 10.4. The number of methoxy groups -OCH3 is 2. The van der Waals surface area contributed by atoms with E-state index in [0.29, 0.717) is 43.0 Å². The topological polar surface area (TPSA) is 65.1 Å². The first-order valence-electron chi connectivity index (χ1n) is 10.4. The summed E-state index contributed by atoms with van der Waals surface area (Å²) in [5, 5.41) is 0. The number of allylic oxidation sites excluding steroid dienone is 1. The molecule has 0 saturated carbocycles. The Morgan fingerprint density at radius 2 is 1.74 bits per heavy atom. The van der Waals surface area contributed by atoms with E-state index in [0.717, 1.165) is 17.7 Å². The Morgan fingerprint density at radius 3 is 2.35 bits per heavy atom. The van der Waals surface area contributed by atoms with Crippen LogP contribution in [0.3, 0.4) is 0 Å². The highest BCUT2D eigenvalue weighted by atomic mass is 16.5. The first-order chi connectivity index (χ1) is 15.0. The van der Waals surface area contributed by atoms with E-state index < -0.39 is 0 Å². The van der Waals surface area contributed by atoms with Gasteiger partial charge >= 0.3 is 0 Å². The minimum absolute atomic E-state index is 0.0613. The third-order valence-corrected chi connectivity index (χ3v) is 5.55. The first kappa shape index (κ1) is 22.4. The van der Waals surface area contributed by atoms with Crippen molar-refractivity contribution < 1.29 is 23.8 Å². The fraction of sp³-hybridized carbons (Fsp3) is 0.360. The Hall–Kier alpha value is -3.28. The summed E-state index contributed by atoms with van der Waals surface area (Å²) in [6, 6.07) is 12.8. The fourth-order valence-corrected chi connectivity index (χ4v) is 3.74. The van der Waals surface area contributed by atoms with E-state index in [9.17, 15) is 9.59 Å². The van der Waals surface area contributed by atoms with E-state index in [1.807, 2.05) is 24.3 Å². The quantitative estimate of drug-likeness (QED) is 0.452. The van der Waals surface area contributed by atoms with Crippen molar-refractivity contribution in [1.29, 1.82) is 0 Å². The molecule has 3 rings (SSSR count). The molecule has 164 valence electrons. The predicted octanol–water partition coefficient (Wildman–Crippen LogP) is 3.93. The number of ketones is 1. The van der Waals surface area contributed by atoms with Crippen molar-refractivity contribution in [2.45, 2.75) is 19.3 Å². The molecule has 0 N–H and O–H groups in total. The fourth-order valence-electron chi connectivity index (χ4n) is 3.74. The van der Waals surface area contributed by atoms with Gasteiger partial charge in [-0.05, 0) is 61.2 Å². The average Bonchev–Trinajstić information content (AvgIpc) is 2.82. The third kappa shape index (κ3) is 5.66. The molecule has 0 unspecified atom stereocenters. The van der Waals surface area contributed by atoms with Crippen LogP contribution in [0.5, 0.6) is 17.2 Å². The zero-order chi connectivity index (χ0) is 22.2. The van der Waals surface area contributed by atoms with Crippen LogP contribution in [0.2, 0.25) is 0 Å². The second-order valence-electron chi connectivity index (χ2n) is 7.51. The molecule has 0 atom stereocenters. The molecule has 1 fully saturated rings. The number of amides is 1. The number of carbonyl (C=O) groups is 2. The molecule has 0 radical (unpaired) electrons. The molecular formula is C25H29NO5. The van der Waals surface area contributed by atoms with Gasteiger partial charge in [-0.3, -0.25) is 9.59 Å². The van der Waals surface area contributed by atoms with E-state index in [2.05, 4.69) is 6.58 Å². The van der Waals surface area contributed by atoms with Crippen molar-refractivity contribution in [3.8, 4) is 17.2 Å². The van der Waals surface area contributed by atoms with Gasteiger partial charge in [0.25, 0.3) is 5.91 Å². The smallest absolute Gasteiger partial charge is 0.260 e. The highest BCUT2D eigenvalue weighted by molar-refractivity contribution is 5.98. The van der Waals surface area contributed by atoms with Crippen molar-refractivity contribution in [2.75, 3.05) is 33.9 Å². The van der Waals surface area contributed by atoms with Crippen LogP contribution in [-0.2, 0) is 11.2 Å². The van der Waals surface area contributed by atoms with Gasteiger partial charge in [-0.1, -0.05) is 12.1 Å². The van der Waals surface area contributed by atoms with Gasteiger partial charge in [-0.25, -0.2) is 0 Å². The van der Waals surface area contributed by atoms with Gasteiger partial charge < -0.3 is 19.1 Å². The lowest BCUT2D eigenvalue weighted by Gasteiger charge is -2.31. The standard InChI is InChI=1S/C25H29NO5/c1-4-5-18-6-11-22(23(16-18)30-3)31-17-24(27)26-14-12-20(13-15-26)25(28)19-7-9-21(29-2)10-8-19/h4,6-11,16,20H,1,5,12-15,17H2,2-3H3. The number of ether oxygens (including phenoxy) is 3. The van der Waals surface area contributed by atoms with Crippen molar-refractivity contribution in [1.82, 2.24) is 4.90 Å². The van der Waals surface area contributed by atoms with E-state index >= 15 is 0 Å². The summed E-state index contributed by atoms with van der Waals surface area (Å²) < 4.78 is 16.2. The number of rotatable bonds is 9. The lowest BCUT2D eigenvalue weighted by Crippen LogP contribution is -2.42. The lowest BCUT2D eigenvalue weighted by molar-refractivity contribution is -0.134. The predicted molar refractivity (Wildman–Crippen MR) is 119 cm³/mol. The average molecular weight is 424 g/mol. The van der Waals surface area contributed by atoms with Crippen LogP contribution >= 0.6 is 0 Å². The SMILES string of the molecule is C=CCc1ccc(OCC(=O)N2CCC(C(=O)c3ccc(OC)cc3)CC2)c(OC)c1. The molecule has 2 aromatic carbocycles. The maximum absolute atomic E-state index is 12.7. The van der Waals surface area contributed by atoms with Gasteiger partial charge in [-0.2, -0.15) is 0 Å². The van der Waals surface area contributed by atoms with Gasteiger partial charge in [-0.15, -0.1) is 6.58 Å². The van der Waals surface area contributed by atoms with Crippen LogP contribution in [0.15, 0.2) is 55.1 Å². The number of likely N-dealkylation sites (tertiary alicyclic amines) is 1. The summed E-state index contributed by atoms with van der Waals surface area (Å²) >= 11 is 0. The molecular weight excluding hydrogens is 394 g/mol. The minimum Gasteiger partial charge on any atom is -0.497 e. The molecule has 1 aliphatic rings. The molecule has 2 aromatic rings. The Bertz CT molecular complexity index is 914. The summed E-state index contributed by atoms with van der Waals surface area (Å²) in [6.07, 6.45) is 3.86. The highest BCUT2D eigenvalue weighted by Gasteiger charge is 2.28. The minimum atomic E-state index is -0.0902. The van der Waals surface area contributed by atoms with Gasteiger partial charge in [0.05, 0.1) is 14.2 Å². The summed E-state index contributed by atoms with van der Waals surface area (Å²) in [5.74, 6) is 1.81. The zero-order valence-corrected chi connectivity index (χ0v) is 18.1. The van der Waals surface area contributed by atoms with Crippen LogP contribution in [-0.4, -0.2) is 50.5 Å². The molecule has 1 heterocycles. The number of benzene rings is 2. The normalized spacial score (nSPS) is 14.1. The summed E-state index contributed by atoms with van der Waals surface area (Å²) in [6.45, 7) is 4.77. The number of carbonyl (C=O) groups excluding carboxylic acids is 2. The molecule has 6 heteroatoms. The maximum atomic E-state index is 12.7. The van der Waals surface area contributed by atoms with Crippen molar-refractivity contribution >= 4 is 11.7 Å². The molecule has 0 spiro atoms. The van der Waals surface area contributed by atoms with Crippen LogP contribution in [0, 0.1) is 5.92 Å². The van der Waals surface area contributed by atoms with Gasteiger partial charge in [0, 0.05) is 24.6 Å². The van der Waals surface area contributed by atoms with Gasteiger partial charge in [0.1, 0.15) is 5.75 Å². The monoisotopic (exact) mass is 423 g/mol. The summed E-state index contributed by atoms with van der Waals surface area (Å²) in [5.41, 5.74) is 1.75. The number of Topliss-reactive ketones (excluding diaryl/α,β-unsaturated/α-hetero) is 1. The Balaban J connectivity index is 1.51. The molecule has 1 saturated heterocycles. The largest absolute Gasteiger partial charge is 0.497 e. The van der Waals surface area contributed by atoms with Gasteiger partial charge in [0.2, 0.25) is 0 Å². The number of piperidine rings is 1. The second-order valence-corrected chi connectivity index (χ2v) is 7.51. The summed E-state index contributed by atoms with van der Waals surface area (Å²) in [4.78, 5) is 27.1. The Kier molecular flexibility index (Phi) is 7.70.